The lowest BCUT2D eigenvalue weighted by Gasteiger charge is -2.29. The van der Waals surface area contributed by atoms with Crippen molar-refractivity contribution in [2.45, 2.75) is 32.6 Å². The molecule has 0 atom stereocenters. The maximum atomic E-state index is 11.5. The van der Waals surface area contributed by atoms with Crippen LogP contribution in [0.3, 0.4) is 0 Å². The van der Waals surface area contributed by atoms with Crippen molar-refractivity contribution in [1.29, 1.82) is 0 Å². The molecule has 2 aromatic rings. The lowest BCUT2D eigenvalue weighted by Crippen LogP contribution is -2.30. The van der Waals surface area contributed by atoms with Gasteiger partial charge in [0.2, 0.25) is 0 Å². The summed E-state index contributed by atoms with van der Waals surface area (Å²) in [5.41, 5.74) is 6.70. The van der Waals surface area contributed by atoms with Crippen LogP contribution in [-0.4, -0.2) is 35.6 Å². The van der Waals surface area contributed by atoms with Gasteiger partial charge in [0.05, 0.1) is 0 Å². The van der Waals surface area contributed by atoms with Crippen molar-refractivity contribution >= 4 is 35.3 Å². The maximum Gasteiger partial charge on any atom is 0.345 e. The minimum absolute atomic E-state index is 0. The molecule has 2 aliphatic rings. The Morgan fingerprint density at radius 2 is 1.85 bits per heavy atom. The van der Waals surface area contributed by atoms with E-state index in [1.807, 2.05) is 6.07 Å². The molecule has 5 heteroatoms. The molecule has 1 aliphatic carbocycles. The first-order valence-corrected chi connectivity index (χ1v) is 9.88. The molecular formula is C21H24ClNO2S. The van der Waals surface area contributed by atoms with E-state index in [0.717, 1.165) is 45.3 Å². The van der Waals surface area contributed by atoms with E-state index in [-0.39, 0.29) is 12.4 Å². The molecule has 1 fully saturated rings. The van der Waals surface area contributed by atoms with Gasteiger partial charge in [0.1, 0.15) is 4.88 Å². The summed E-state index contributed by atoms with van der Waals surface area (Å²) in [6.45, 7) is 5.52. The molecule has 0 unspecified atom stereocenters. The van der Waals surface area contributed by atoms with Crippen LogP contribution in [0, 0.1) is 0 Å². The summed E-state index contributed by atoms with van der Waals surface area (Å²) in [6, 6.07) is 10.6. The number of carbonyl (C=O) groups is 1. The van der Waals surface area contributed by atoms with Gasteiger partial charge in [-0.2, -0.15) is 0 Å². The number of carboxylic acid groups (broad SMARTS) is 1. The zero-order valence-corrected chi connectivity index (χ0v) is 16.6. The number of aryl methyl sites for hydroxylation is 2. The highest BCUT2D eigenvalue weighted by Gasteiger charge is 2.26. The first kappa shape index (κ1) is 19.2. The highest BCUT2D eigenvalue weighted by Crippen LogP contribution is 2.41. The van der Waals surface area contributed by atoms with Gasteiger partial charge in [-0.15, -0.1) is 23.7 Å². The van der Waals surface area contributed by atoms with Gasteiger partial charge < -0.3 is 10.0 Å². The van der Waals surface area contributed by atoms with Crippen LogP contribution < -0.4 is 0 Å². The first-order chi connectivity index (χ1) is 12.2. The largest absolute Gasteiger partial charge is 0.477 e. The second kappa shape index (κ2) is 7.95. The molecule has 1 aromatic carbocycles. The third-order valence-corrected chi connectivity index (χ3v) is 6.64. The molecule has 138 valence electrons. The van der Waals surface area contributed by atoms with E-state index in [1.54, 1.807) is 0 Å². The minimum atomic E-state index is -0.809. The number of hydrogen-bond acceptors (Lipinski definition) is 3. The fraction of sp³-hybridized carbons (Fsp3) is 0.381. The van der Waals surface area contributed by atoms with E-state index in [4.69, 9.17) is 0 Å². The summed E-state index contributed by atoms with van der Waals surface area (Å²) in [7, 11) is 0. The number of halogens is 1. The number of carboxylic acids is 1. The molecule has 0 radical (unpaired) electrons. The van der Waals surface area contributed by atoms with E-state index >= 15 is 0 Å². The predicted molar refractivity (Wildman–Crippen MR) is 110 cm³/mol. The van der Waals surface area contributed by atoms with Gasteiger partial charge >= 0.3 is 5.97 Å². The summed E-state index contributed by atoms with van der Waals surface area (Å²) in [4.78, 5) is 15.7. The lowest BCUT2D eigenvalue weighted by molar-refractivity contribution is 0.0702. The van der Waals surface area contributed by atoms with Crippen LogP contribution >= 0.6 is 23.7 Å². The van der Waals surface area contributed by atoms with Gasteiger partial charge in [-0.05, 0) is 60.6 Å². The number of nitrogens with zero attached hydrogens (tertiary/aromatic N) is 1. The van der Waals surface area contributed by atoms with Crippen LogP contribution in [0.15, 0.2) is 35.9 Å². The molecular weight excluding hydrogens is 366 g/mol. The van der Waals surface area contributed by atoms with Crippen LogP contribution in [0.1, 0.15) is 51.0 Å². The topological polar surface area (TPSA) is 40.5 Å². The lowest BCUT2D eigenvalue weighted by atomic mass is 9.87. The van der Waals surface area contributed by atoms with Crippen molar-refractivity contribution in [2.24, 2.45) is 0 Å². The normalized spacial score (nSPS) is 17.1. The monoisotopic (exact) mass is 389 g/mol. The number of piperidine rings is 1. The van der Waals surface area contributed by atoms with E-state index in [2.05, 4.69) is 36.1 Å². The van der Waals surface area contributed by atoms with Gasteiger partial charge in [0.25, 0.3) is 0 Å². The van der Waals surface area contributed by atoms with Crippen molar-refractivity contribution in [3.63, 3.8) is 0 Å². The summed E-state index contributed by atoms with van der Waals surface area (Å²) < 4.78 is 0. The smallest absolute Gasteiger partial charge is 0.345 e. The molecule has 4 rings (SSSR count). The summed E-state index contributed by atoms with van der Waals surface area (Å²) in [5, 5.41) is 9.45. The molecule has 2 heterocycles. The number of likely N-dealkylation sites (tertiary alicyclic amines) is 1. The second-order valence-electron chi connectivity index (χ2n) is 6.82. The van der Waals surface area contributed by atoms with Crippen molar-refractivity contribution in [2.75, 3.05) is 19.6 Å². The third kappa shape index (κ3) is 3.46. The Hall–Kier alpha value is -1.62. The van der Waals surface area contributed by atoms with Crippen LogP contribution in [0.5, 0.6) is 0 Å². The van der Waals surface area contributed by atoms with E-state index < -0.39 is 5.97 Å². The second-order valence-corrected chi connectivity index (χ2v) is 7.96. The summed E-state index contributed by atoms with van der Waals surface area (Å²) in [6.07, 6.45) is 4.08. The predicted octanol–water partition coefficient (Wildman–Crippen LogP) is 4.88. The molecule has 0 bridgehead atoms. The van der Waals surface area contributed by atoms with Crippen LogP contribution in [0.25, 0.3) is 5.57 Å². The summed E-state index contributed by atoms with van der Waals surface area (Å²) >= 11 is 1.46. The quantitative estimate of drug-likeness (QED) is 0.795. The number of rotatable bonds is 2. The van der Waals surface area contributed by atoms with Gasteiger partial charge in [-0.1, -0.05) is 36.8 Å². The third-order valence-electron chi connectivity index (χ3n) is 5.46. The van der Waals surface area contributed by atoms with Gasteiger partial charge in [0, 0.05) is 18.0 Å². The van der Waals surface area contributed by atoms with E-state index in [9.17, 15) is 9.90 Å². The molecule has 0 amide bonds. The number of benzene rings is 1. The number of aromatic carboxylic acids is 1. The van der Waals surface area contributed by atoms with Gasteiger partial charge in [0.15, 0.2) is 0 Å². The fourth-order valence-electron chi connectivity index (χ4n) is 4.08. The molecule has 1 N–H and O–H groups in total. The zero-order chi connectivity index (χ0) is 17.4. The average molecular weight is 390 g/mol. The molecule has 1 aliphatic heterocycles. The Morgan fingerprint density at radius 1 is 1.12 bits per heavy atom. The maximum absolute atomic E-state index is 11.5. The average Bonchev–Trinajstić information content (AvgIpc) is 2.99. The highest BCUT2D eigenvalue weighted by molar-refractivity contribution is 7.14. The Labute approximate surface area is 164 Å². The van der Waals surface area contributed by atoms with Crippen molar-refractivity contribution in [3.8, 4) is 0 Å². The fourth-order valence-corrected chi connectivity index (χ4v) is 5.08. The van der Waals surface area contributed by atoms with Crippen molar-refractivity contribution < 1.29 is 9.90 Å². The Bertz CT molecular complexity index is 845. The zero-order valence-electron chi connectivity index (χ0n) is 15.0. The van der Waals surface area contributed by atoms with Gasteiger partial charge in [-0.25, -0.2) is 4.79 Å². The molecule has 1 aromatic heterocycles. The van der Waals surface area contributed by atoms with Gasteiger partial charge in [-0.3, -0.25) is 0 Å². The SMILES string of the molecule is CCN1CCC(=C2c3ccccc3CCc3sc(C(=O)O)cc32)CC1.Cl. The Morgan fingerprint density at radius 3 is 2.54 bits per heavy atom. The standard InChI is InChI=1S/C21H23NO2S.ClH/c1-2-22-11-9-15(10-12-22)20-16-6-4-3-5-14(16)7-8-18-17(20)13-19(25-18)21(23)24;/h3-6,13H,2,7-12H2,1H3,(H,23,24);1H. The molecule has 26 heavy (non-hydrogen) atoms. The first-order valence-electron chi connectivity index (χ1n) is 9.06. The molecule has 1 saturated heterocycles. The number of hydrogen-bond donors (Lipinski definition) is 1. The van der Waals surface area contributed by atoms with Crippen LogP contribution in [0.2, 0.25) is 0 Å². The van der Waals surface area contributed by atoms with Crippen LogP contribution in [-0.2, 0) is 12.8 Å². The number of thiophene rings is 1. The van der Waals surface area contributed by atoms with Crippen LogP contribution in [0.4, 0.5) is 0 Å². The van der Waals surface area contributed by atoms with E-state index in [0.29, 0.717) is 4.88 Å². The Kier molecular flexibility index (Phi) is 5.86. The number of fused-ring (bicyclic) bond motifs is 2. The van der Waals surface area contributed by atoms with Crippen molar-refractivity contribution in [1.82, 2.24) is 4.90 Å². The van der Waals surface area contributed by atoms with Crippen molar-refractivity contribution in [3.05, 3.63) is 62.3 Å². The highest BCUT2D eigenvalue weighted by atomic mass is 35.5. The molecule has 3 nitrogen and oxygen atoms in total. The molecule has 0 saturated carbocycles. The molecule has 0 spiro atoms. The Balaban J connectivity index is 0.00000196. The van der Waals surface area contributed by atoms with E-state index in [1.165, 1.54) is 44.1 Å². The minimum Gasteiger partial charge on any atom is -0.477 e. The summed E-state index contributed by atoms with van der Waals surface area (Å²) in [5.74, 6) is -0.809.